The SMILES string of the molecule is Cn1ccc(-c2noc(-c3nonc3N)n2)n1. The van der Waals surface area contributed by atoms with Crippen molar-refractivity contribution in [2.45, 2.75) is 0 Å². The van der Waals surface area contributed by atoms with Crippen molar-refractivity contribution in [3.8, 4) is 23.1 Å². The highest BCUT2D eigenvalue weighted by molar-refractivity contribution is 5.62. The lowest BCUT2D eigenvalue weighted by atomic mass is 10.4. The Morgan fingerprint density at radius 1 is 1.29 bits per heavy atom. The van der Waals surface area contributed by atoms with E-state index in [4.69, 9.17) is 10.3 Å². The Kier molecular flexibility index (Phi) is 1.90. The number of nitrogens with two attached hydrogens (primary N) is 1. The smallest absolute Gasteiger partial charge is 0.284 e. The van der Waals surface area contributed by atoms with Crippen LogP contribution in [0.1, 0.15) is 0 Å². The normalized spacial score (nSPS) is 10.9. The molecule has 0 aromatic carbocycles. The van der Waals surface area contributed by atoms with Crippen molar-refractivity contribution < 1.29 is 9.15 Å². The minimum atomic E-state index is 0.0984. The number of rotatable bonds is 2. The highest BCUT2D eigenvalue weighted by Gasteiger charge is 2.18. The van der Waals surface area contributed by atoms with Gasteiger partial charge in [-0.3, -0.25) is 4.68 Å². The van der Waals surface area contributed by atoms with Gasteiger partial charge < -0.3 is 10.3 Å². The maximum absolute atomic E-state index is 5.51. The van der Waals surface area contributed by atoms with Crippen molar-refractivity contribution >= 4 is 5.82 Å². The lowest BCUT2D eigenvalue weighted by Crippen LogP contribution is -1.90. The van der Waals surface area contributed by atoms with Crippen LogP contribution in [0.3, 0.4) is 0 Å². The van der Waals surface area contributed by atoms with E-state index in [1.165, 1.54) is 0 Å². The number of nitrogen functional groups attached to an aromatic ring is 1. The molecule has 3 aromatic heterocycles. The van der Waals surface area contributed by atoms with Crippen LogP contribution in [0.25, 0.3) is 23.1 Å². The Labute approximate surface area is 94.2 Å². The average Bonchev–Trinajstić information content (AvgIpc) is 2.97. The Morgan fingerprint density at radius 3 is 2.82 bits per heavy atom. The van der Waals surface area contributed by atoms with Gasteiger partial charge in [0.1, 0.15) is 5.69 Å². The molecule has 9 nitrogen and oxygen atoms in total. The number of hydrogen-bond acceptors (Lipinski definition) is 8. The zero-order chi connectivity index (χ0) is 11.8. The third kappa shape index (κ3) is 1.53. The number of aromatic nitrogens is 6. The maximum atomic E-state index is 5.51. The summed E-state index contributed by atoms with van der Waals surface area (Å²) in [5.74, 6) is 0.591. The summed E-state index contributed by atoms with van der Waals surface area (Å²) in [6.07, 6.45) is 1.78. The predicted molar refractivity (Wildman–Crippen MR) is 54.2 cm³/mol. The van der Waals surface area contributed by atoms with Gasteiger partial charge in [0.15, 0.2) is 0 Å². The standard InChI is InChI=1S/C8H7N7O2/c1-15-3-2-4(11-15)7-10-8(16-14-7)5-6(9)13-17-12-5/h2-3H,1H3,(H2,9,13). The summed E-state index contributed by atoms with van der Waals surface area (Å²) in [5, 5.41) is 14.9. The quantitative estimate of drug-likeness (QED) is 0.661. The van der Waals surface area contributed by atoms with Crippen molar-refractivity contribution in [3.05, 3.63) is 12.3 Å². The van der Waals surface area contributed by atoms with E-state index < -0.39 is 0 Å². The third-order valence-corrected chi connectivity index (χ3v) is 2.09. The Bertz CT molecular complexity index is 652. The summed E-state index contributed by atoms with van der Waals surface area (Å²) >= 11 is 0. The first-order chi connectivity index (χ1) is 8.24. The summed E-state index contributed by atoms with van der Waals surface area (Å²) in [7, 11) is 1.80. The van der Waals surface area contributed by atoms with E-state index in [-0.39, 0.29) is 17.4 Å². The van der Waals surface area contributed by atoms with Crippen molar-refractivity contribution in [1.82, 2.24) is 30.2 Å². The molecule has 86 valence electrons. The highest BCUT2D eigenvalue weighted by Crippen LogP contribution is 2.22. The number of anilines is 1. The number of aryl methyl sites for hydroxylation is 1. The second-order valence-electron chi connectivity index (χ2n) is 3.30. The van der Waals surface area contributed by atoms with Crippen LogP contribution in [-0.4, -0.2) is 30.2 Å². The fourth-order valence-corrected chi connectivity index (χ4v) is 1.30. The summed E-state index contributed by atoms with van der Waals surface area (Å²) in [5.41, 5.74) is 6.33. The van der Waals surface area contributed by atoms with Crippen LogP contribution in [0.15, 0.2) is 21.4 Å². The first-order valence-corrected chi connectivity index (χ1v) is 4.66. The number of nitrogens with zero attached hydrogens (tertiary/aromatic N) is 6. The minimum Gasteiger partial charge on any atom is -0.379 e. The predicted octanol–water partition coefficient (Wildman–Crippen LogP) is 0.102. The molecule has 0 atom stereocenters. The molecule has 0 radical (unpaired) electrons. The molecule has 0 saturated carbocycles. The van der Waals surface area contributed by atoms with Gasteiger partial charge in [0, 0.05) is 13.2 Å². The van der Waals surface area contributed by atoms with Crippen LogP contribution in [0.2, 0.25) is 0 Å². The van der Waals surface area contributed by atoms with Crippen LogP contribution in [0.4, 0.5) is 5.82 Å². The zero-order valence-electron chi connectivity index (χ0n) is 8.73. The lowest BCUT2D eigenvalue weighted by molar-refractivity contribution is 0.308. The second kappa shape index (κ2) is 3.40. The van der Waals surface area contributed by atoms with Gasteiger partial charge in [-0.25, -0.2) is 4.63 Å². The molecule has 0 aliphatic heterocycles. The van der Waals surface area contributed by atoms with Crippen molar-refractivity contribution in [2.24, 2.45) is 7.05 Å². The molecule has 9 heteroatoms. The van der Waals surface area contributed by atoms with Gasteiger partial charge >= 0.3 is 0 Å². The largest absolute Gasteiger partial charge is 0.379 e. The van der Waals surface area contributed by atoms with E-state index in [2.05, 4.69) is 30.2 Å². The molecule has 0 aliphatic rings. The van der Waals surface area contributed by atoms with Gasteiger partial charge in [-0.05, 0) is 16.4 Å². The molecule has 3 heterocycles. The van der Waals surface area contributed by atoms with Gasteiger partial charge in [-0.1, -0.05) is 5.16 Å². The zero-order valence-corrected chi connectivity index (χ0v) is 8.73. The van der Waals surface area contributed by atoms with Crippen molar-refractivity contribution in [1.29, 1.82) is 0 Å². The summed E-state index contributed by atoms with van der Waals surface area (Å²) in [6, 6.07) is 1.76. The van der Waals surface area contributed by atoms with Crippen LogP contribution in [0, 0.1) is 0 Å². The van der Waals surface area contributed by atoms with E-state index in [0.29, 0.717) is 11.5 Å². The molecule has 3 aromatic rings. The van der Waals surface area contributed by atoms with E-state index >= 15 is 0 Å². The molecule has 0 amide bonds. The van der Waals surface area contributed by atoms with E-state index in [0.717, 1.165) is 0 Å². The molecule has 0 bridgehead atoms. The van der Waals surface area contributed by atoms with Gasteiger partial charge in [0.05, 0.1) is 0 Å². The molecule has 0 aliphatic carbocycles. The topological polar surface area (TPSA) is 122 Å². The first-order valence-electron chi connectivity index (χ1n) is 4.66. The molecule has 3 rings (SSSR count). The monoisotopic (exact) mass is 233 g/mol. The summed E-state index contributed by atoms with van der Waals surface area (Å²) in [6.45, 7) is 0. The fraction of sp³-hybridized carbons (Fsp3) is 0.125. The van der Waals surface area contributed by atoms with Crippen LogP contribution < -0.4 is 5.73 Å². The van der Waals surface area contributed by atoms with Crippen molar-refractivity contribution in [3.63, 3.8) is 0 Å². The molecular formula is C8H7N7O2. The minimum absolute atomic E-state index is 0.0984. The van der Waals surface area contributed by atoms with Gasteiger partial charge in [0.25, 0.3) is 5.89 Å². The summed E-state index contributed by atoms with van der Waals surface area (Å²) < 4.78 is 11.1. The fourth-order valence-electron chi connectivity index (χ4n) is 1.30. The molecule has 0 saturated heterocycles. The van der Waals surface area contributed by atoms with Gasteiger partial charge in [0.2, 0.25) is 17.3 Å². The molecule has 0 fully saturated rings. The van der Waals surface area contributed by atoms with E-state index in [1.807, 2.05) is 0 Å². The number of hydrogen-bond donors (Lipinski definition) is 1. The summed E-state index contributed by atoms with van der Waals surface area (Å²) in [4.78, 5) is 4.10. The van der Waals surface area contributed by atoms with Crippen LogP contribution in [-0.2, 0) is 7.05 Å². The Morgan fingerprint density at radius 2 is 2.18 bits per heavy atom. The van der Waals surface area contributed by atoms with Crippen LogP contribution in [0.5, 0.6) is 0 Å². The molecule has 0 spiro atoms. The Hall–Kier alpha value is -2.71. The van der Waals surface area contributed by atoms with E-state index in [1.54, 1.807) is 24.0 Å². The molecular weight excluding hydrogens is 226 g/mol. The first kappa shape index (κ1) is 9.51. The lowest BCUT2D eigenvalue weighted by Gasteiger charge is -1.85. The Balaban J connectivity index is 2.01. The molecule has 2 N–H and O–H groups in total. The average molecular weight is 233 g/mol. The van der Waals surface area contributed by atoms with Gasteiger partial charge in [-0.2, -0.15) is 10.1 Å². The van der Waals surface area contributed by atoms with E-state index in [9.17, 15) is 0 Å². The molecule has 17 heavy (non-hydrogen) atoms. The van der Waals surface area contributed by atoms with Crippen LogP contribution >= 0.6 is 0 Å². The molecule has 0 unspecified atom stereocenters. The second-order valence-corrected chi connectivity index (χ2v) is 3.30. The van der Waals surface area contributed by atoms with Gasteiger partial charge in [-0.15, -0.1) is 0 Å². The third-order valence-electron chi connectivity index (χ3n) is 2.09. The maximum Gasteiger partial charge on any atom is 0.284 e. The highest BCUT2D eigenvalue weighted by atomic mass is 16.6. The van der Waals surface area contributed by atoms with Crippen molar-refractivity contribution in [2.75, 3.05) is 5.73 Å².